The number of fused-ring (bicyclic) bond motifs is 1. The van der Waals surface area contributed by atoms with Crippen LogP contribution in [0.4, 0.5) is 0 Å². The molecule has 2 aliphatic heterocycles. The van der Waals surface area contributed by atoms with Crippen LogP contribution in [0.3, 0.4) is 0 Å². The van der Waals surface area contributed by atoms with Gasteiger partial charge in [0.05, 0.1) is 5.92 Å². The van der Waals surface area contributed by atoms with Gasteiger partial charge in [-0.3, -0.25) is 4.79 Å². The van der Waals surface area contributed by atoms with Gasteiger partial charge in [-0.1, -0.05) is 42.5 Å². The van der Waals surface area contributed by atoms with Crippen molar-refractivity contribution in [2.75, 3.05) is 13.4 Å². The molecule has 0 spiro atoms. The molecule has 2 aromatic carbocycles. The molecule has 0 amide bonds. The van der Waals surface area contributed by atoms with Crippen LogP contribution in [-0.4, -0.2) is 19.4 Å². The first-order valence-corrected chi connectivity index (χ1v) is 8.09. The molecular formula is C20H18O4. The number of esters is 1. The fourth-order valence-electron chi connectivity index (χ4n) is 3.07. The summed E-state index contributed by atoms with van der Waals surface area (Å²) in [5.74, 6) is 1.22. The smallest absolute Gasteiger partial charge is 0.309 e. The average Bonchev–Trinajstić information content (AvgIpc) is 3.01. The number of hydrogen-bond donors (Lipinski definition) is 0. The predicted molar refractivity (Wildman–Crippen MR) is 89.8 cm³/mol. The lowest BCUT2D eigenvalue weighted by Gasteiger charge is -2.11. The standard InChI is InChI=1S/C20H18O4/c21-20-16(10-14-4-2-1-3-5-14)6-7-17(12-22-20)15-8-9-18-19(11-15)24-13-23-18/h1-5,7-9,11,16H,6,10,12-13H2/t16-/m1/s1. The largest absolute Gasteiger partial charge is 0.461 e. The molecule has 1 atom stereocenters. The van der Waals surface area contributed by atoms with E-state index in [-0.39, 0.29) is 18.7 Å². The Bertz CT molecular complexity index is 779. The maximum absolute atomic E-state index is 12.3. The Morgan fingerprint density at radius 2 is 1.79 bits per heavy atom. The zero-order chi connectivity index (χ0) is 16.4. The van der Waals surface area contributed by atoms with Crippen LogP contribution in [0.25, 0.3) is 5.57 Å². The van der Waals surface area contributed by atoms with Gasteiger partial charge in [-0.15, -0.1) is 0 Å². The Morgan fingerprint density at radius 1 is 0.958 bits per heavy atom. The second-order valence-corrected chi connectivity index (χ2v) is 6.03. The molecule has 122 valence electrons. The van der Waals surface area contributed by atoms with Crippen LogP contribution in [0.15, 0.2) is 54.6 Å². The molecule has 4 nitrogen and oxygen atoms in total. The first-order valence-electron chi connectivity index (χ1n) is 8.09. The van der Waals surface area contributed by atoms with Crippen molar-refractivity contribution >= 4 is 11.5 Å². The third kappa shape index (κ3) is 3.00. The van der Waals surface area contributed by atoms with Gasteiger partial charge in [-0.05, 0) is 41.7 Å². The fourth-order valence-corrected chi connectivity index (χ4v) is 3.07. The number of cyclic esters (lactones) is 1. The third-order valence-electron chi connectivity index (χ3n) is 4.42. The van der Waals surface area contributed by atoms with Crippen molar-refractivity contribution in [3.63, 3.8) is 0 Å². The van der Waals surface area contributed by atoms with Crippen LogP contribution < -0.4 is 9.47 Å². The quantitative estimate of drug-likeness (QED) is 0.810. The molecule has 2 aliphatic rings. The van der Waals surface area contributed by atoms with Crippen LogP contribution in [0.1, 0.15) is 17.5 Å². The maximum atomic E-state index is 12.3. The third-order valence-corrected chi connectivity index (χ3v) is 4.42. The molecule has 0 saturated carbocycles. The number of carbonyl (C=O) groups excluding carboxylic acids is 1. The molecule has 0 aliphatic carbocycles. The minimum Gasteiger partial charge on any atom is -0.461 e. The highest BCUT2D eigenvalue weighted by atomic mass is 16.7. The molecule has 0 N–H and O–H groups in total. The van der Waals surface area contributed by atoms with Crippen molar-refractivity contribution in [3.05, 3.63) is 65.7 Å². The Kier molecular flexibility index (Phi) is 3.95. The first kappa shape index (κ1) is 14.8. The molecule has 0 aromatic heterocycles. The molecule has 0 saturated heterocycles. The Hall–Kier alpha value is -2.75. The lowest BCUT2D eigenvalue weighted by Crippen LogP contribution is -2.18. The zero-order valence-electron chi connectivity index (χ0n) is 13.2. The van der Waals surface area contributed by atoms with Crippen LogP contribution >= 0.6 is 0 Å². The Labute approximate surface area is 140 Å². The first-order chi connectivity index (χ1) is 11.8. The van der Waals surface area contributed by atoms with E-state index in [1.54, 1.807) is 0 Å². The summed E-state index contributed by atoms with van der Waals surface area (Å²) in [4.78, 5) is 12.3. The second kappa shape index (κ2) is 6.40. The number of rotatable bonds is 3. The fraction of sp³-hybridized carbons (Fsp3) is 0.250. The average molecular weight is 322 g/mol. The van der Waals surface area contributed by atoms with Gasteiger partial charge >= 0.3 is 5.97 Å². The Morgan fingerprint density at radius 3 is 2.67 bits per heavy atom. The maximum Gasteiger partial charge on any atom is 0.309 e. The zero-order valence-corrected chi connectivity index (χ0v) is 13.2. The summed E-state index contributed by atoms with van der Waals surface area (Å²) >= 11 is 0. The summed E-state index contributed by atoms with van der Waals surface area (Å²) in [6.45, 7) is 0.551. The van der Waals surface area contributed by atoms with Gasteiger partial charge in [0.25, 0.3) is 0 Å². The number of hydrogen-bond acceptors (Lipinski definition) is 4. The molecule has 0 bridgehead atoms. The summed E-state index contributed by atoms with van der Waals surface area (Å²) in [7, 11) is 0. The van der Waals surface area contributed by atoms with E-state index in [1.807, 2.05) is 48.5 Å². The van der Waals surface area contributed by atoms with E-state index in [9.17, 15) is 4.79 Å². The van der Waals surface area contributed by atoms with E-state index in [1.165, 1.54) is 0 Å². The van der Waals surface area contributed by atoms with Crippen LogP contribution in [-0.2, 0) is 16.0 Å². The highest BCUT2D eigenvalue weighted by molar-refractivity contribution is 5.78. The predicted octanol–water partition coefficient (Wildman–Crippen LogP) is 3.60. The molecule has 4 heteroatoms. The van der Waals surface area contributed by atoms with Crippen molar-refractivity contribution < 1.29 is 19.0 Å². The minimum atomic E-state index is -0.140. The summed E-state index contributed by atoms with van der Waals surface area (Å²) in [5.41, 5.74) is 3.17. The van der Waals surface area contributed by atoms with E-state index in [0.29, 0.717) is 19.4 Å². The molecule has 24 heavy (non-hydrogen) atoms. The number of benzene rings is 2. The van der Waals surface area contributed by atoms with Crippen LogP contribution in [0, 0.1) is 5.92 Å². The monoisotopic (exact) mass is 322 g/mol. The second-order valence-electron chi connectivity index (χ2n) is 6.03. The SMILES string of the molecule is O=C1OCC(c2ccc3c(c2)OCO3)=CC[C@@H]1Cc1ccccc1. The topological polar surface area (TPSA) is 44.8 Å². The van der Waals surface area contributed by atoms with Crippen molar-refractivity contribution in [3.8, 4) is 11.5 Å². The van der Waals surface area contributed by atoms with Crippen molar-refractivity contribution in [2.24, 2.45) is 5.92 Å². The van der Waals surface area contributed by atoms with E-state index >= 15 is 0 Å². The molecule has 0 fully saturated rings. The van der Waals surface area contributed by atoms with Crippen LogP contribution in [0.2, 0.25) is 0 Å². The van der Waals surface area contributed by atoms with E-state index in [4.69, 9.17) is 14.2 Å². The van der Waals surface area contributed by atoms with Crippen molar-refractivity contribution in [1.82, 2.24) is 0 Å². The summed E-state index contributed by atoms with van der Waals surface area (Å²) in [5, 5.41) is 0. The van der Waals surface area contributed by atoms with Gasteiger partial charge in [-0.25, -0.2) is 0 Å². The van der Waals surface area contributed by atoms with Gasteiger partial charge in [0.2, 0.25) is 6.79 Å². The number of allylic oxidation sites excluding steroid dienone is 1. The summed E-state index contributed by atoms with van der Waals surface area (Å²) < 4.78 is 16.3. The highest BCUT2D eigenvalue weighted by Gasteiger charge is 2.24. The normalized spacial score (nSPS) is 19.4. The van der Waals surface area contributed by atoms with E-state index in [2.05, 4.69) is 6.08 Å². The summed E-state index contributed by atoms with van der Waals surface area (Å²) in [6, 6.07) is 15.9. The molecule has 2 aromatic rings. The van der Waals surface area contributed by atoms with Gasteiger partial charge in [0.1, 0.15) is 6.61 Å². The minimum absolute atomic E-state index is 0.133. The number of ether oxygens (including phenoxy) is 3. The van der Waals surface area contributed by atoms with Gasteiger partial charge in [-0.2, -0.15) is 0 Å². The number of carbonyl (C=O) groups is 1. The molecule has 4 rings (SSSR count). The highest BCUT2D eigenvalue weighted by Crippen LogP contribution is 2.35. The summed E-state index contributed by atoms with van der Waals surface area (Å²) in [6.07, 6.45) is 3.48. The Balaban J connectivity index is 1.53. The van der Waals surface area contributed by atoms with E-state index < -0.39 is 0 Å². The lowest BCUT2D eigenvalue weighted by atomic mass is 9.95. The van der Waals surface area contributed by atoms with E-state index in [0.717, 1.165) is 28.2 Å². The van der Waals surface area contributed by atoms with Gasteiger partial charge in [0, 0.05) is 0 Å². The molecular weight excluding hydrogens is 304 g/mol. The van der Waals surface area contributed by atoms with Gasteiger partial charge in [0.15, 0.2) is 11.5 Å². The lowest BCUT2D eigenvalue weighted by molar-refractivity contribution is -0.146. The van der Waals surface area contributed by atoms with Crippen LogP contribution in [0.5, 0.6) is 11.5 Å². The van der Waals surface area contributed by atoms with Crippen molar-refractivity contribution in [2.45, 2.75) is 12.8 Å². The molecule has 0 unspecified atom stereocenters. The van der Waals surface area contributed by atoms with Crippen molar-refractivity contribution in [1.29, 1.82) is 0 Å². The molecule has 0 radical (unpaired) electrons. The molecule has 2 heterocycles. The van der Waals surface area contributed by atoms with Gasteiger partial charge < -0.3 is 14.2 Å².